The van der Waals surface area contributed by atoms with Gasteiger partial charge in [-0.1, -0.05) is 19.4 Å². The van der Waals surface area contributed by atoms with Gasteiger partial charge in [0, 0.05) is 36.9 Å². The van der Waals surface area contributed by atoms with Crippen LogP contribution < -0.4 is 5.32 Å². The molecular weight excluding hydrogens is 234 g/mol. The second kappa shape index (κ2) is 6.90. The van der Waals surface area contributed by atoms with Crippen LogP contribution in [0.15, 0.2) is 18.3 Å². The van der Waals surface area contributed by atoms with Crippen LogP contribution in [0.5, 0.6) is 0 Å². The summed E-state index contributed by atoms with van der Waals surface area (Å²) in [5, 5.41) is 3.44. The lowest BCUT2D eigenvalue weighted by molar-refractivity contribution is 0.0954. The summed E-state index contributed by atoms with van der Waals surface area (Å²) >= 11 is 0. The minimum absolute atomic E-state index is 0.683. The van der Waals surface area contributed by atoms with E-state index in [2.05, 4.69) is 42.0 Å². The number of anilines is 1. The quantitative estimate of drug-likeness (QED) is 0.876. The largest absolute Gasteiger partial charge is 0.370 e. The zero-order valence-corrected chi connectivity index (χ0v) is 12.5. The van der Waals surface area contributed by atoms with Gasteiger partial charge >= 0.3 is 0 Å². The number of hydrogen-bond acceptors (Lipinski definition) is 3. The number of piperidine rings is 1. The Morgan fingerprint density at radius 1 is 1.32 bits per heavy atom. The van der Waals surface area contributed by atoms with Crippen molar-refractivity contribution in [2.45, 2.75) is 65.1 Å². The van der Waals surface area contributed by atoms with Crippen LogP contribution in [0.4, 0.5) is 5.82 Å². The monoisotopic (exact) mass is 261 g/mol. The predicted octanol–water partition coefficient (Wildman–Crippen LogP) is 3.67. The van der Waals surface area contributed by atoms with Gasteiger partial charge in [0.2, 0.25) is 0 Å². The van der Waals surface area contributed by atoms with Crippen LogP contribution in [-0.4, -0.2) is 28.5 Å². The molecule has 0 radical (unpaired) electrons. The molecule has 3 nitrogen and oxygen atoms in total. The first-order valence-electron chi connectivity index (χ1n) is 7.66. The maximum Gasteiger partial charge on any atom is 0.130 e. The lowest BCUT2D eigenvalue weighted by Crippen LogP contribution is -2.43. The molecule has 1 aliphatic heterocycles. The summed E-state index contributed by atoms with van der Waals surface area (Å²) in [4.78, 5) is 7.12. The van der Waals surface area contributed by atoms with Crippen LogP contribution in [-0.2, 0) is 6.54 Å². The van der Waals surface area contributed by atoms with Gasteiger partial charge in [-0.2, -0.15) is 0 Å². The van der Waals surface area contributed by atoms with Crippen molar-refractivity contribution in [2.75, 3.05) is 11.9 Å². The molecule has 1 saturated heterocycles. The fourth-order valence-electron chi connectivity index (χ4n) is 2.95. The van der Waals surface area contributed by atoms with E-state index < -0.39 is 0 Å². The summed E-state index contributed by atoms with van der Waals surface area (Å²) in [6, 6.07) is 5.62. The van der Waals surface area contributed by atoms with Crippen molar-refractivity contribution in [3.8, 4) is 0 Å². The molecule has 0 aliphatic carbocycles. The Labute approximate surface area is 117 Å². The third-order valence-electron chi connectivity index (χ3n) is 4.16. The highest BCUT2D eigenvalue weighted by Crippen LogP contribution is 2.26. The molecule has 2 atom stereocenters. The molecule has 1 N–H and O–H groups in total. The van der Waals surface area contributed by atoms with Gasteiger partial charge in [-0.25, -0.2) is 4.98 Å². The molecule has 2 heterocycles. The standard InChI is InChI=1S/C16H27N3/c1-4-10-17-16-15(9-6-11-18-16)12-19-13(2)7-5-8-14(19)3/h6,9,11,13-14H,4-5,7-8,10,12H2,1-3H3,(H,17,18). The van der Waals surface area contributed by atoms with Crippen LogP contribution in [0.1, 0.15) is 52.0 Å². The van der Waals surface area contributed by atoms with Crippen LogP contribution >= 0.6 is 0 Å². The smallest absolute Gasteiger partial charge is 0.130 e. The normalized spacial score (nSPS) is 24.4. The highest BCUT2D eigenvalue weighted by Gasteiger charge is 2.25. The SMILES string of the molecule is CCCNc1ncccc1CN1C(C)CCCC1C. The van der Waals surface area contributed by atoms with Crippen LogP contribution in [0, 0.1) is 0 Å². The minimum Gasteiger partial charge on any atom is -0.370 e. The Morgan fingerprint density at radius 2 is 2.05 bits per heavy atom. The van der Waals surface area contributed by atoms with E-state index in [0.29, 0.717) is 12.1 Å². The zero-order valence-electron chi connectivity index (χ0n) is 12.5. The van der Waals surface area contributed by atoms with Gasteiger partial charge in [-0.3, -0.25) is 4.90 Å². The summed E-state index contributed by atoms with van der Waals surface area (Å²) in [6.45, 7) is 8.90. The fourth-order valence-corrected chi connectivity index (χ4v) is 2.95. The van der Waals surface area contributed by atoms with E-state index in [1.165, 1.54) is 24.8 Å². The molecule has 106 valence electrons. The lowest BCUT2D eigenvalue weighted by Gasteiger charge is -2.39. The van der Waals surface area contributed by atoms with E-state index in [9.17, 15) is 0 Å². The van der Waals surface area contributed by atoms with E-state index in [-0.39, 0.29) is 0 Å². The first-order valence-corrected chi connectivity index (χ1v) is 7.66. The summed E-state index contributed by atoms with van der Waals surface area (Å²) in [5.41, 5.74) is 1.33. The molecule has 0 bridgehead atoms. The van der Waals surface area contributed by atoms with Gasteiger partial charge in [-0.05, 0) is 39.2 Å². The molecule has 1 aromatic heterocycles. The maximum absolute atomic E-state index is 4.49. The van der Waals surface area contributed by atoms with Crippen LogP contribution in [0.25, 0.3) is 0 Å². The van der Waals surface area contributed by atoms with Crippen molar-refractivity contribution >= 4 is 5.82 Å². The topological polar surface area (TPSA) is 28.2 Å². The molecule has 1 fully saturated rings. The number of aromatic nitrogens is 1. The summed E-state index contributed by atoms with van der Waals surface area (Å²) in [6.07, 6.45) is 7.02. The van der Waals surface area contributed by atoms with Crippen molar-refractivity contribution in [2.24, 2.45) is 0 Å². The van der Waals surface area contributed by atoms with E-state index in [4.69, 9.17) is 0 Å². The first kappa shape index (κ1) is 14.3. The second-order valence-corrected chi connectivity index (χ2v) is 5.74. The summed E-state index contributed by atoms with van der Waals surface area (Å²) < 4.78 is 0. The molecular formula is C16H27N3. The van der Waals surface area contributed by atoms with Gasteiger partial charge in [0.25, 0.3) is 0 Å². The number of hydrogen-bond donors (Lipinski definition) is 1. The molecule has 0 amide bonds. The number of pyridine rings is 1. The summed E-state index contributed by atoms with van der Waals surface area (Å²) in [5.74, 6) is 1.06. The third kappa shape index (κ3) is 3.69. The van der Waals surface area contributed by atoms with E-state index in [1.54, 1.807) is 0 Å². The number of nitrogens with one attached hydrogen (secondary N) is 1. The first-order chi connectivity index (χ1) is 9.22. The molecule has 1 aromatic rings. The van der Waals surface area contributed by atoms with Gasteiger partial charge in [0.05, 0.1) is 0 Å². The molecule has 1 aliphatic rings. The number of likely N-dealkylation sites (tertiary alicyclic amines) is 1. The average Bonchev–Trinajstić information content (AvgIpc) is 2.42. The predicted molar refractivity (Wildman–Crippen MR) is 81.3 cm³/mol. The Bertz CT molecular complexity index is 381. The van der Waals surface area contributed by atoms with E-state index in [1.807, 2.05) is 12.3 Å². The molecule has 0 saturated carbocycles. The second-order valence-electron chi connectivity index (χ2n) is 5.74. The Balaban J connectivity index is 2.08. The average molecular weight is 261 g/mol. The van der Waals surface area contributed by atoms with Crippen molar-refractivity contribution in [3.05, 3.63) is 23.9 Å². The maximum atomic E-state index is 4.49. The van der Waals surface area contributed by atoms with Gasteiger partial charge in [-0.15, -0.1) is 0 Å². The van der Waals surface area contributed by atoms with E-state index >= 15 is 0 Å². The highest BCUT2D eigenvalue weighted by atomic mass is 15.2. The van der Waals surface area contributed by atoms with Crippen molar-refractivity contribution in [3.63, 3.8) is 0 Å². The van der Waals surface area contributed by atoms with Gasteiger partial charge < -0.3 is 5.32 Å². The Hall–Kier alpha value is -1.09. The molecule has 19 heavy (non-hydrogen) atoms. The molecule has 2 unspecified atom stereocenters. The van der Waals surface area contributed by atoms with Gasteiger partial charge in [0.15, 0.2) is 0 Å². The zero-order chi connectivity index (χ0) is 13.7. The lowest BCUT2D eigenvalue weighted by atomic mass is 9.97. The molecule has 0 aromatic carbocycles. The fraction of sp³-hybridized carbons (Fsp3) is 0.688. The molecule has 2 rings (SSSR count). The van der Waals surface area contributed by atoms with Crippen LogP contribution in [0.2, 0.25) is 0 Å². The number of rotatable bonds is 5. The molecule has 0 spiro atoms. The minimum atomic E-state index is 0.683. The van der Waals surface area contributed by atoms with E-state index in [0.717, 1.165) is 25.3 Å². The van der Waals surface area contributed by atoms with Crippen molar-refractivity contribution in [1.29, 1.82) is 0 Å². The highest BCUT2D eigenvalue weighted by molar-refractivity contribution is 5.43. The third-order valence-corrected chi connectivity index (χ3v) is 4.16. The van der Waals surface area contributed by atoms with Crippen LogP contribution in [0.3, 0.4) is 0 Å². The number of nitrogens with zero attached hydrogens (tertiary/aromatic N) is 2. The van der Waals surface area contributed by atoms with Gasteiger partial charge in [0.1, 0.15) is 5.82 Å². The van der Waals surface area contributed by atoms with Crippen molar-refractivity contribution in [1.82, 2.24) is 9.88 Å². The Morgan fingerprint density at radius 3 is 2.74 bits per heavy atom. The molecule has 3 heteroatoms. The Kier molecular flexibility index (Phi) is 5.20. The summed E-state index contributed by atoms with van der Waals surface area (Å²) in [7, 11) is 0. The van der Waals surface area contributed by atoms with Crippen molar-refractivity contribution < 1.29 is 0 Å².